The van der Waals surface area contributed by atoms with Crippen LogP contribution in [-0.4, -0.2) is 42.7 Å². The molecule has 2 rings (SSSR count). The van der Waals surface area contributed by atoms with Gasteiger partial charge in [-0.2, -0.15) is 5.10 Å². The fourth-order valence-electron chi connectivity index (χ4n) is 2.03. The number of hydrogen-bond donors (Lipinski definition) is 2. The van der Waals surface area contributed by atoms with Gasteiger partial charge in [-0.15, -0.1) is 0 Å². The molecule has 0 spiro atoms. The molecule has 3 amide bonds. The van der Waals surface area contributed by atoms with Crippen LogP contribution in [0.1, 0.15) is 18.4 Å². The number of nitrogens with one attached hydrogen (secondary N) is 1. The van der Waals surface area contributed by atoms with Gasteiger partial charge in [-0.1, -0.05) is 0 Å². The Morgan fingerprint density at radius 1 is 1.43 bits per heavy atom. The van der Waals surface area contributed by atoms with Gasteiger partial charge >= 0.3 is 6.03 Å². The van der Waals surface area contributed by atoms with Crippen molar-refractivity contribution >= 4 is 18.2 Å². The number of hydrazone groups is 1. The Morgan fingerprint density at radius 2 is 2.19 bits per heavy atom. The van der Waals surface area contributed by atoms with Gasteiger partial charge < -0.3 is 15.4 Å². The van der Waals surface area contributed by atoms with E-state index in [1.165, 1.54) is 6.21 Å². The summed E-state index contributed by atoms with van der Waals surface area (Å²) in [6.45, 7) is 1.91. The molecule has 1 fully saturated rings. The van der Waals surface area contributed by atoms with Crippen LogP contribution in [-0.2, 0) is 4.79 Å². The lowest BCUT2D eigenvalue weighted by atomic mass is 10.2. The summed E-state index contributed by atoms with van der Waals surface area (Å²) in [5, 5.41) is 3.66. The molecule has 7 nitrogen and oxygen atoms in total. The number of likely N-dealkylation sites (tertiary alicyclic amines) is 1. The summed E-state index contributed by atoms with van der Waals surface area (Å²) >= 11 is 0. The zero-order chi connectivity index (χ0) is 15.1. The predicted molar refractivity (Wildman–Crippen MR) is 78.1 cm³/mol. The van der Waals surface area contributed by atoms with Crippen molar-refractivity contribution in [3.8, 4) is 5.75 Å². The SMILES string of the molecule is NC(=O)NN=Cc1ccc(OCCN2CCCC2=O)cc1. The third-order valence-corrected chi connectivity index (χ3v) is 3.07. The summed E-state index contributed by atoms with van der Waals surface area (Å²) in [5.41, 5.74) is 7.81. The minimum absolute atomic E-state index is 0.201. The highest BCUT2D eigenvalue weighted by Crippen LogP contribution is 2.12. The fraction of sp³-hybridized carbons (Fsp3) is 0.357. The van der Waals surface area contributed by atoms with E-state index in [1.54, 1.807) is 12.1 Å². The molecule has 112 valence electrons. The first-order valence-corrected chi connectivity index (χ1v) is 6.74. The number of nitrogens with two attached hydrogens (primary N) is 1. The van der Waals surface area contributed by atoms with E-state index < -0.39 is 6.03 Å². The van der Waals surface area contributed by atoms with Gasteiger partial charge in [-0.05, 0) is 36.2 Å². The van der Waals surface area contributed by atoms with E-state index in [2.05, 4.69) is 10.5 Å². The standard InChI is InChI=1S/C14H18N4O3/c15-14(20)17-16-10-11-3-5-12(6-4-11)21-9-8-18-7-1-2-13(18)19/h3-6,10H,1-2,7-9H2,(H3,15,17,20). The second-order valence-electron chi connectivity index (χ2n) is 4.64. The molecule has 1 aromatic rings. The lowest BCUT2D eigenvalue weighted by Gasteiger charge is -2.15. The predicted octanol–water partition coefficient (Wildman–Crippen LogP) is 0.690. The number of carbonyl (C=O) groups excluding carboxylic acids is 2. The van der Waals surface area contributed by atoms with Crippen molar-refractivity contribution in [2.75, 3.05) is 19.7 Å². The molecule has 0 unspecified atom stereocenters. The maximum absolute atomic E-state index is 11.4. The van der Waals surface area contributed by atoms with Gasteiger partial charge in [0, 0.05) is 13.0 Å². The average Bonchev–Trinajstić information content (AvgIpc) is 2.86. The van der Waals surface area contributed by atoms with Crippen LogP contribution >= 0.6 is 0 Å². The lowest BCUT2D eigenvalue weighted by Crippen LogP contribution is -2.29. The summed E-state index contributed by atoms with van der Waals surface area (Å²) in [6.07, 6.45) is 3.07. The number of nitrogens with zero attached hydrogens (tertiary/aromatic N) is 2. The molecule has 7 heteroatoms. The van der Waals surface area contributed by atoms with E-state index >= 15 is 0 Å². The highest BCUT2D eigenvalue weighted by Gasteiger charge is 2.19. The van der Waals surface area contributed by atoms with Gasteiger partial charge in [0.05, 0.1) is 12.8 Å². The summed E-state index contributed by atoms with van der Waals surface area (Å²) in [4.78, 5) is 23.7. The maximum Gasteiger partial charge on any atom is 0.332 e. The first kappa shape index (κ1) is 14.8. The molecular weight excluding hydrogens is 272 g/mol. The number of hydrogen-bond acceptors (Lipinski definition) is 4. The van der Waals surface area contributed by atoms with E-state index in [-0.39, 0.29) is 5.91 Å². The molecule has 0 radical (unpaired) electrons. The highest BCUT2D eigenvalue weighted by atomic mass is 16.5. The van der Waals surface area contributed by atoms with E-state index in [1.807, 2.05) is 17.0 Å². The van der Waals surface area contributed by atoms with Crippen LogP contribution in [0.5, 0.6) is 5.75 Å². The number of benzene rings is 1. The summed E-state index contributed by atoms with van der Waals surface area (Å²) in [7, 11) is 0. The molecule has 0 aliphatic carbocycles. The number of amides is 3. The van der Waals surface area contributed by atoms with Crippen molar-refractivity contribution in [1.82, 2.24) is 10.3 Å². The van der Waals surface area contributed by atoms with Crippen LogP contribution < -0.4 is 15.9 Å². The largest absolute Gasteiger partial charge is 0.492 e. The fourth-order valence-corrected chi connectivity index (χ4v) is 2.03. The van der Waals surface area contributed by atoms with E-state index in [9.17, 15) is 9.59 Å². The Bertz CT molecular complexity index is 528. The zero-order valence-electron chi connectivity index (χ0n) is 11.6. The van der Waals surface area contributed by atoms with Crippen LogP contribution in [0.3, 0.4) is 0 Å². The molecule has 0 saturated carbocycles. The summed E-state index contributed by atoms with van der Waals surface area (Å²) in [5.74, 6) is 0.925. The summed E-state index contributed by atoms with van der Waals surface area (Å²) in [6, 6.07) is 6.52. The van der Waals surface area contributed by atoms with Crippen molar-refractivity contribution in [2.24, 2.45) is 10.8 Å². The molecule has 1 saturated heterocycles. The molecule has 0 bridgehead atoms. The average molecular weight is 290 g/mol. The summed E-state index contributed by atoms with van der Waals surface area (Å²) < 4.78 is 5.59. The van der Waals surface area contributed by atoms with Crippen LogP contribution in [0, 0.1) is 0 Å². The zero-order valence-corrected chi connectivity index (χ0v) is 11.6. The quantitative estimate of drug-likeness (QED) is 0.596. The first-order valence-electron chi connectivity index (χ1n) is 6.74. The van der Waals surface area contributed by atoms with Crippen molar-refractivity contribution in [1.29, 1.82) is 0 Å². The first-order chi connectivity index (χ1) is 10.1. The normalized spacial score (nSPS) is 14.7. The molecule has 1 heterocycles. The van der Waals surface area contributed by atoms with Crippen LogP contribution in [0.15, 0.2) is 29.4 Å². The second-order valence-corrected chi connectivity index (χ2v) is 4.64. The van der Waals surface area contributed by atoms with E-state index in [0.717, 1.165) is 24.3 Å². The number of ether oxygens (including phenoxy) is 1. The van der Waals surface area contributed by atoms with Gasteiger partial charge in [0.2, 0.25) is 5.91 Å². The van der Waals surface area contributed by atoms with Crippen molar-refractivity contribution in [3.63, 3.8) is 0 Å². The van der Waals surface area contributed by atoms with Gasteiger partial charge in [0.15, 0.2) is 0 Å². The smallest absolute Gasteiger partial charge is 0.332 e. The Morgan fingerprint density at radius 3 is 2.81 bits per heavy atom. The second kappa shape index (κ2) is 7.28. The van der Waals surface area contributed by atoms with Crippen LogP contribution in [0.25, 0.3) is 0 Å². The Labute approximate surface area is 122 Å². The lowest BCUT2D eigenvalue weighted by molar-refractivity contribution is -0.128. The van der Waals surface area contributed by atoms with Crippen molar-refractivity contribution in [2.45, 2.75) is 12.8 Å². The monoisotopic (exact) mass is 290 g/mol. The van der Waals surface area contributed by atoms with Gasteiger partial charge in [-0.25, -0.2) is 10.2 Å². The molecule has 3 N–H and O–H groups in total. The molecule has 1 aliphatic rings. The third-order valence-electron chi connectivity index (χ3n) is 3.07. The van der Waals surface area contributed by atoms with Crippen LogP contribution in [0.2, 0.25) is 0 Å². The Kier molecular flexibility index (Phi) is 5.14. The Hall–Kier alpha value is -2.57. The Balaban J connectivity index is 1.75. The number of carbonyl (C=O) groups is 2. The van der Waals surface area contributed by atoms with Gasteiger partial charge in [0.25, 0.3) is 0 Å². The van der Waals surface area contributed by atoms with Gasteiger partial charge in [-0.3, -0.25) is 4.79 Å². The molecular formula is C14H18N4O3. The topological polar surface area (TPSA) is 97.0 Å². The van der Waals surface area contributed by atoms with Crippen molar-refractivity contribution in [3.05, 3.63) is 29.8 Å². The van der Waals surface area contributed by atoms with Crippen LogP contribution in [0.4, 0.5) is 4.79 Å². The number of rotatable bonds is 6. The molecule has 0 atom stereocenters. The molecule has 0 aromatic heterocycles. The molecule has 1 aromatic carbocycles. The number of primary amides is 1. The van der Waals surface area contributed by atoms with E-state index in [0.29, 0.717) is 19.6 Å². The minimum Gasteiger partial charge on any atom is -0.492 e. The maximum atomic E-state index is 11.4. The van der Waals surface area contributed by atoms with Crippen molar-refractivity contribution < 1.29 is 14.3 Å². The number of urea groups is 1. The third kappa shape index (κ3) is 4.79. The molecule has 21 heavy (non-hydrogen) atoms. The van der Waals surface area contributed by atoms with E-state index in [4.69, 9.17) is 10.5 Å². The molecule has 1 aliphatic heterocycles. The minimum atomic E-state index is -0.706. The highest BCUT2D eigenvalue weighted by molar-refractivity contribution is 5.81. The van der Waals surface area contributed by atoms with Gasteiger partial charge in [0.1, 0.15) is 12.4 Å².